The van der Waals surface area contributed by atoms with Gasteiger partial charge in [0.15, 0.2) is 5.13 Å². The Morgan fingerprint density at radius 3 is 2.73 bits per heavy atom. The van der Waals surface area contributed by atoms with Gasteiger partial charge in [-0.3, -0.25) is 19.7 Å². The summed E-state index contributed by atoms with van der Waals surface area (Å²) in [6.07, 6.45) is 2.30. The first-order valence-corrected chi connectivity index (χ1v) is 8.91. The van der Waals surface area contributed by atoms with Crippen LogP contribution in [0.2, 0.25) is 0 Å². The molecule has 1 unspecified atom stereocenters. The highest BCUT2D eigenvalue weighted by Gasteiger charge is 2.24. The average molecular weight is 376 g/mol. The maximum absolute atomic E-state index is 12.8. The number of hydrogen-bond acceptors (Lipinski definition) is 6. The molecule has 0 radical (unpaired) electrons. The number of aromatic nitrogens is 1. The Kier molecular flexibility index (Phi) is 6.40. The molecule has 1 aromatic heterocycles. The molecule has 0 aliphatic rings. The van der Waals surface area contributed by atoms with Gasteiger partial charge in [0.25, 0.3) is 11.6 Å². The van der Waals surface area contributed by atoms with Crippen molar-refractivity contribution >= 4 is 34.0 Å². The molecule has 9 heteroatoms. The number of nitrogens with zero attached hydrogens (tertiary/aromatic N) is 3. The summed E-state index contributed by atoms with van der Waals surface area (Å²) < 4.78 is 0. The number of aryl methyl sites for hydroxylation is 1. The summed E-state index contributed by atoms with van der Waals surface area (Å²) in [4.78, 5) is 42.0. The zero-order chi connectivity index (χ0) is 19.3. The minimum atomic E-state index is -0.554. The Bertz CT molecular complexity index is 821. The maximum Gasteiger partial charge on any atom is 0.270 e. The van der Waals surface area contributed by atoms with Gasteiger partial charge < -0.3 is 10.2 Å². The molecule has 0 aliphatic heterocycles. The van der Waals surface area contributed by atoms with E-state index >= 15 is 0 Å². The van der Waals surface area contributed by atoms with Crippen LogP contribution in [0.5, 0.6) is 0 Å². The first-order valence-electron chi connectivity index (χ1n) is 8.09. The molecule has 2 aromatic rings. The van der Waals surface area contributed by atoms with Gasteiger partial charge in [-0.25, -0.2) is 4.98 Å². The SMILES string of the molecule is CCC(C)N(CC(=O)Nc1ncc(C)s1)C(=O)c1cccc([N+](=O)[O-])c1. The van der Waals surface area contributed by atoms with E-state index < -0.39 is 10.8 Å². The van der Waals surface area contributed by atoms with Gasteiger partial charge in [-0.2, -0.15) is 0 Å². The van der Waals surface area contributed by atoms with E-state index in [4.69, 9.17) is 0 Å². The van der Waals surface area contributed by atoms with Crippen LogP contribution in [0.1, 0.15) is 35.5 Å². The van der Waals surface area contributed by atoms with Crippen LogP contribution in [0.3, 0.4) is 0 Å². The number of carbonyl (C=O) groups excluding carboxylic acids is 2. The van der Waals surface area contributed by atoms with Crippen LogP contribution in [0, 0.1) is 17.0 Å². The van der Waals surface area contributed by atoms with Crippen molar-refractivity contribution in [2.24, 2.45) is 0 Å². The Hall–Kier alpha value is -2.81. The van der Waals surface area contributed by atoms with Crippen LogP contribution in [-0.4, -0.2) is 39.2 Å². The molecule has 1 N–H and O–H groups in total. The van der Waals surface area contributed by atoms with Crippen LogP contribution < -0.4 is 5.32 Å². The van der Waals surface area contributed by atoms with E-state index in [0.29, 0.717) is 11.6 Å². The van der Waals surface area contributed by atoms with Gasteiger partial charge >= 0.3 is 0 Å². The van der Waals surface area contributed by atoms with E-state index in [1.54, 1.807) is 6.20 Å². The number of nitrogens with one attached hydrogen (secondary N) is 1. The number of nitro benzene ring substituents is 1. The van der Waals surface area contributed by atoms with Crippen molar-refractivity contribution in [1.29, 1.82) is 0 Å². The van der Waals surface area contributed by atoms with Crippen molar-refractivity contribution in [2.45, 2.75) is 33.2 Å². The second kappa shape index (κ2) is 8.52. The fourth-order valence-corrected chi connectivity index (χ4v) is 2.97. The van der Waals surface area contributed by atoms with Crippen LogP contribution in [0.4, 0.5) is 10.8 Å². The molecule has 0 saturated carbocycles. The number of rotatable bonds is 7. The molecule has 1 aromatic carbocycles. The van der Waals surface area contributed by atoms with Crippen molar-refractivity contribution in [2.75, 3.05) is 11.9 Å². The molecule has 26 heavy (non-hydrogen) atoms. The molecule has 138 valence electrons. The van der Waals surface area contributed by atoms with Gasteiger partial charge in [-0.1, -0.05) is 13.0 Å². The fourth-order valence-electron chi connectivity index (χ4n) is 2.29. The third-order valence-corrected chi connectivity index (χ3v) is 4.70. The number of non-ortho nitro benzene ring substituents is 1. The quantitative estimate of drug-likeness (QED) is 0.590. The van der Waals surface area contributed by atoms with Crippen LogP contribution >= 0.6 is 11.3 Å². The fraction of sp³-hybridized carbons (Fsp3) is 0.353. The summed E-state index contributed by atoms with van der Waals surface area (Å²) in [6, 6.07) is 5.30. The summed E-state index contributed by atoms with van der Waals surface area (Å²) in [7, 11) is 0. The standard InChI is InChI=1S/C17H20N4O4S/c1-4-11(2)20(10-15(22)19-17-18-9-12(3)26-17)16(23)13-6-5-7-14(8-13)21(24)25/h5-9,11H,4,10H2,1-3H3,(H,18,19,22). The predicted molar refractivity (Wildman–Crippen MR) is 99.4 cm³/mol. The lowest BCUT2D eigenvalue weighted by Crippen LogP contribution is -2.43. The Morgan fingerprint density at radius 2 is 2.15 bits per heavy atom. The minimum Gasteiger partial charge on any atom is -0.327 e. The van der Waals surface area contributed by atoms with E-state index in [2.05, 4.69) is 10.3 Å². The molecule has 2 rings (SSSR count). The number of carbonyl (C=O) groups is 2. The molecule has 1 atom stereocenters. The van der Waals surface area contributed by atoms with Gasteiger partial charge in [0.05, 0.1) is 4.92 Å². The van der Waals surface area contributed by atoms with Crippen molar-refractivity contribution in [3.8, 4) is 0 Å². The number of hydrogen-bond donors (Lipinski definition) is 1. The molecule has 0 saturated heterocycles. The Balaban J connectivity index is 2.18. The van der Waals surface area contributed by atoms with Gasteiger partial charge in [0.2, 0.25) is 5.91 Å². The first kappa shape index (κ1) is 19.5. The molecule has 1 heterocycles. The smallest absolute Gasteiger partial charge is 0.270 e. The minimum absolute atomic E-state index is 0.158. The van der Waals surface area contributed by atoms with Crippen molar-refractivity contribution in [3.05, 3.63) is 51.0 Å². The maximum atomic E-state index is 12.8. The Morgan fingerprint density at radius 1 is 1.42 bits per heavy atom. The second-order valence-electron chi connectivity index (χ2n) is 5.82. The number of thiazole rings is 1. The molecular weight excluding hydrogens is 356 g/mol. The van der Waals surface area contributed by atoms with Gasteiger partial charge in [-0.15, -0.1) is 11.3 Å². The van der Waals surface area contributed by atoms with Gasteiger partial charge in [-0.05, 0) is 26.3 Å². The lowest BCUT2D eigenvalue weighted by molar-refractivity contribution is -0.384. The second-order valence-corrected chi connectivity index (χ2v) is 7.06. The van der Waals surface area contributed by atoms with Crippen molar-refractivity contribution < 1.29 is 14.5 Å². The van der Waals surface area contributed by atoms with E-state index in [9.17, 15) is 19.7 Å². The predicted octanol–water partition coefficient (Wildman–Crippen LogP) is 3.24. The topological polar surface area (TPSA) is 105 Å². The average Bonchev–Trinajstić information content (AvgIpc) is 3.03. The number of benzene rings is 1. The van der Waals surface area contributed by atoms with E-state index in [1.807, 2.05) is 20.8 Å². The van der Waals surface area contributed by atoms with E-state index in [-0.39, 0.29) is 29.7 Å². The lowest BCUT2D eigenvalue weighted by Gasteiger charge is -2.28. The molecule has 0 bridgehead atoms. The third-order valence-electron chi connectivity index (χ3n) is 3.87. The highest BCUT2D eigenvalue weighted by molar-refractivity contribution is 7.15. The van der Waals surface area contributed by atoms with E-state index in [0.717, 1.165) is 4.88 Å². The Labute approximate surface area is 155 Å². The summed E-state index contributed by atoms with van der Waals surface area (Å²) in [6.45, 7) is 5.45. The molecule has 8 nitrogen and oxygen atoms in total. The highest BCUT2D eigenvalue weighted by Crippen LogP contribution is 2.19. The monoisotopic (exact) mass is 376 g/mol. The normalized spacial score (nSPS) is 11.7. The third kappa shape index (κ3) is 4.85. The van der Waals surface area contributed by atoms with Gasteiger partial charge in [0.1, 0.15) is 6.54 Å². The molecule has 0 fully saturated rings. The van der Waals surface area contributed by atoms with Crippen LogP contribution in [0.25, 0.3) is 0 Å². The number of nitro groups is 1. The number of anilines is 1. The van der Waals surface area contributed by atoms with E-state index in [1.165, 1.54) is 40.5 Å². The van der Waals surface area contributed by atoms with Gasteiger partial charge in [0, 0.05) is 34.8 Å². The van der Waals surface area contributed by atoms with Crippen LogP contribution in [-0.2, 0) is 4.79 Å². The van der Waals surface area contributed by atoms with Crippen molar-refractivity contribution in [3.63, 3.8) is 0 Å². The largest absolute Gasteiger partial charge is 0.327 e. The zero-order valence-electron chi connectivity index (χ0n) is 14.8. The summed E-state index contributed by atoms with van der Waals surface area (Å²) >= 11 is 1.35. The first-order chi connectivity index (χ1) is 12.3. The summed E-state index contributed by atoms with van der Waals surface area (Å²) in [5.74, 6) is -0.785. The van der Waals surface area contributed by atoms with Crippen LogP contribution in [0.15, 0.2) is 30.5 Å². The van der Waals surface area contributed by atoms with Crippen molar-refractivity contribution in [1.82, 2.24) is 9.88 Å². The lowest BCUT2D eigenvalue weighted by atomic mass is 10.1. The molecule has 0 spiro atoms. The summed E-state index contributed by atoms with van der Waals surface area (Å²) in [5.41, 5.74) is 0.0139. The number of amides is 2. The highest BCUT2D eigenvalue weighted by atomic mass is 32.1. The molecule has 2 amide bonds. The molecule has 0 aliphatic carbocycles. The zero-order valence-corrected chi connectivity index (χ0v) is 15.6. The summed E-state index contributed by atoms with van der Waals surface area (Å²) in [5, 5.41) is 14.1. The molecular formula is C17H20N4O4S.